The van der Waals surface area contributed by atoms with Crippen LogP contribution in [-0.2, 0) is 7.05 Å². The molecule has 1 aromatic rings. The maximum atomic E-state index is 11.8. The Balaban J connectivity index is 2.00. The highest BCUT2D eigenvalue weighted by Crippen LogP contribution is 2.21. The first-order valence-corrected chi connectivity index (χ1v) is 5.46. The third kappa shape index (κ3) is 2.55. The molecule has 0 aliphatic heterocycles. The van der Waals surface area contributed by atoms with Gasteiger partial charge in [0.15, 0.2) is 5.78 Å². The van der Waals surface area contributed by atoms with E-state index in [0.29, 0.717) is 12.1 Å². The number of allylic oxidation sites excluding steroid dienone is 2. The minimum atomic E-state index is 0.142. The zero-order valence-electron chi connectivity index (χ0n) is 9.07. The van der Waals surface area contributed by atoms with Crippen LogP contribution in [0.15, 0.2) is 23.9 Å². The molecule has 1 heterocycles. The Bertz CT molecular complexity index is 390. The van der Waals surface area contributed by atoms with Crippen LogP contribution in [0.4, 0.5) is 0 Å². The van der Waals surface area contributed by atoms with Crippen LogP contribution in [0, 0.1) is 0 Å². The minimum Gasteiger partial charge on any atom is -0.292 e. The van der Waals surface area contributed by atoms with Gasteiger partial charge in [-0.15, -0.1) is 0 Å². The molecule has 0 aromatic carbocycles. The first-order valence-electron chi connectivity index (χ1n) is 5.46. The quantitative estimate of drug-likeness (QED) is 0.560. The van der Waals surface area contributed by atoms with Gasteiger partial charge in [0.1, 0.15) is 5.69 Å². The van der Waals surface area contributed by atoms with Crippen molar-refractivity contribution >= 4 is 5.78 Å². The molecule has 0 atom stereocenters. The van der Waals surface area contributed by atoms with Crippen LogP contribution in [0.1, 0.15) is 42.6 Å². The van der Waals surface area contributed by atoms with E-state index in [-0.39, 0.29) is 5.78 Å². The lowest BCUT2D eigenvalue weighted by atomic mass is 9.95. The first kappa shape index (κ1) is 10.1. The molecule has 0 fully saturated rings. The number of hydrogen-bond donors (Lipinski definition) is 0. The van der Waals surface area contributed by atoms with Gasteiger partial charge in [0.05, 0.1) is 0 Å². The Morgan fingerprint density at radius 3 is 3.00 bits per heavy atom. The molecule has 0 saturated heterocycles. The third-order valence-electron chi connectivity index (χ3n) is 2.77. The second kappa shape index (κ2) is 4.43. The van der Waals surface area contributed by atoms with Crippen molar-refractivity contribution in [3.63, 3.8) is 0 Å². The molecule has 1 aliphatic carbocycles. The van der Waals surface area contributed by atoms with E-state index in [4.69, 9.17) is 0 Å². The SMILES string of the molecule is Cn1ccc(C(=O)CC2=CCCCC2)n1. The molecule has 0 unspecified atom stereocenters. The molecule has 3 heteroatoms. The van der Waals surface area contributed by atoms with Crippen molar-refractivity contribution in [1.29, 1.82) is 0 Å². The van der Waals surface area contributed by atoms with Crippen LogP contribution < -0.4 is 0 Å². The predicted molar refractivity (Wildman–Crippen MR) is 58.7 cm³/mol. The summed E-state index contributed by atoms with van der Waals surface area (Å²) in [6.07, 6.45) is 9.27. The molecular weight excluding hydrogens is 188 g/mol. The van der Waals surface area contributed by atoms with E-state index in [1.54, 1.807) is 10.7 Å². The highest BCUT2D eigenvalue weighted by atomic mass is 16.1. The minimum absolute atomic E-state index is 0.142. The Morgan fingerprint density at radius 2 is 2.40 bits per heavy atom. The van der Waals surface area contributed by atoms with Crippen molar-refractivity contribution in [2.45, 2.75) is 32.1 Å². The number of hydrogen-bond acceptors (Lipinski definition) is 2. The highest BCUT2D eigenvalue weighted by Gasteiger charge is 2.12. The smallest absolute Gasteiger partial charge is 0.187 e. The van der Waals surface area contributed by atoms with Gasteiger partial charge < -0.3 is 0 Å². The summed E-state index contributed by atoms with van der Waals surface area (Å²) < 4.78 is 1.67. The molecule has 0 radical (unpaired) electrons. The average molecular weight is 204 g/mol. The summed E-state index contributed by atoms with van der Waals surface area (Å²) in [7, 11) is 1.83. The van der Waals surface area contributed by atoms with Gasteiger partial charge >= 0.3 is 0 Å². The predicted octanol–water partition coefficient (Wildman–Crippen LogP) is 2.49. The number of rotatable bonds is 3. The Labute approximate surface area is 89.8 Å². The highest BCUT2D eigenvalue weighted by molar-refractivity contribution is 5.95. The lowest BCUT2D eigenvalue weighted by Crippen LogP contribution is -2.04. The number of aromatic nitrogens is 2. The Kier molecular flexibility index (Phi) is 2.99. The number of Topliss-reactive ketones (excluding diaryl/α,β-unsaturated/α-hetero) is 1. The lowest BCUT2D eigenvalue weighted by molar-refractivity contribution is 0.0986. The van der Waals surface area contributed by atoms with Crippen molar-refractivity contribution in [3.05, 3.63) is 29.6 Å². The summed E-state index contributed by atoms with van der Waals surface area (Å²) in [5, 5.41) is 4.12. The van der Waals surface area contributed by atoms with E-state index in [0.717, 1.165) is 12.8 Å². The fraction of sp³-hybridized carbons (Fsp3) is 0.500. The first-order chi connectivity index (χ1) is 7.25. The molecule has 0 N–H and O–H groups in total. The van der Waals surface area contributed by atoms with Gasteiger partial charge in [-0.2, -0.15) is 5.10 Å². The maximum absolute atomic E-state index is 11.8. The number of carbonyl (C=O) groups excluding carboxylic acids is 1. The average Bonchev–Trinajstić information content (AvgIpc) is 2.66. The summed E-state index contributed by atoms with van der Waals surface area (Å²) in [4.78, 5) is 11.8. The largest absolute Gasteiger partial charge is 0.292 e. The molecule has 3 nitrogen and oxygen atoms in total. The monoisotopic (exact) mass is 204 g/mol. The topological polar surface area (TPSA) is 34.9 Å². The van der Waals surface area contributed by atoms with Gasteiger partial charge in [0.2, 0.25) is 0 Å². The molecule has 1 aromatic heterocycles. The second-order valence-corrected chi connectivity index (χ2v) is 4.08. The Morgan fingerprint density at radius 1 is 1.53 bits per heavy atom. The fourth-order valence-corrected chi connectivity index (χ4v) is 1.93. The van der Waals surface area contributed by atoms with E-state index < -0.39 is 0 Å². The summed E-state index contributed by atoms with van der Waals surface area (Å²) in [5.74, 6) is 0.142. The zero-order chi connectivity index (χ0) is 10.7. The lowest BCUT2D eigenvalue weighted by Gasteiger charge is -2.10. The van der Waals surface area contributed by atoms with Crippen LogP contribution in [0.25, 0.3) is 0 Å². The maximum Gasteiger partial charge on any atom is 0.187 e. The van der Waals surface area contributed by atoms with Crippen LogP contribution >= 0.6 is 0 Å². The van der Waals surface area contributed by atoms with Gasteiger partial charge in [-0.1, -0.05) is 11.6 Å². The fourth-order valence-electron chi connectivity index (χ4n) is 1.93. The van der Waals surface area contributed by atoms with Crippen molar-refractivity contribution in [3.8, 4) is 0 Å². The van der Waals surface area contributed by atoms with E-state index in [1.807, 2.05) is 13.2 Å². The molecule has 15 heavy (non-hydrogen) atoms. The van der Waals surface area contributed by atoms with E-state index in [1.165, 1.54) is 18.4 Å². The van der Waals surface area contributed by atoms with Crippen LogP contribution in [0.3, 0.4) is 0 Å². The normalized spacial score (nSPS) is 16.2. The molecule has 0 bridgehead atoms. The van der Waals surface area contributed by atoms with Crippen LogP contribution in [0.5, 0.6) is 0 Å². The molecule has 0 spiro atoms. The van der Waals surface area contributed by atoms with E-state index >= 15 is 0 Å². The molecule has 0 amide bonds. The summed E-state index contributed by atoms with van der Waals surface area (Å²) in [6.45, 7) is 0. The van der Waals surface area contributed by atoms with Gasteiger partial charge in [-0.25, -0.2) is 0 Å². The molecule has 2 rings (SSSR count). The van der Waals surface area contributed by atoms with Gasteiger partial charge in [-0.05, 0) is 31.7 Å². The second-order valence-electron chi connectivity index (χ2n) is 4.08. The number of carbonyl (C=O) groups is 1. The number of ketones is 1. The van der Waals surface area contributed by atoms with Crippen LogP contribution in [-0.4, -0.2) is 15.6 Å². The van der Waals surface area contributed by atoms with Gasteiger partial charge in [-0.3, -0.25) is 9.48 Å². The zero-order valence-corrected chi connectivity index (χ0v) is 9.07. The summed E-state index contributed by atoms with van der Waals surface area (Å²) in [5.41, 5.74) is 1.88. The van der Waals surface area contributed by atoms with Crippen molar-refractivity contribution in [2.24, 2.45) is 7.05 Å². The van der Waals surface area contributed by atoms with Crippen molar-refractivity contribution in [1.82, 2.24) is 9.78 Å². The third-order valence-corrected chi connectivity index (χ3v) is 2.77. The van der Waals surface area contributed by atoms with Gasteiger partial charge in [0, 0.05) is 19.7 Å². The Hall–Kier alpha value is -1.38. The van der Waals surface area contributed by atoms with Crippen molar-refractivity contribution < 1.29 is 4.79 Å². The number of nitrogens with zero attached hydrogens (tertiary/aromatic N) is 2. The molecule has 0 saturated carbocycles. The molecule has 80 valence electrons. The van der Waals surface area contributed by atoms with Crippen LogP contribution in [0.2, 0.25) is 0 Å². The standard InChI is InChI=1S/C12H16N2O/c1-14-8-7-11(13-14)12(15)9-10-5-3-2-4-6-10/h5,7-8H,2-4,6,9H2,1H3. The summed E-state index contributed by atoms with van der Waals surface area (Å²) in [6, 6.07) is 1.78. The molecule has 1 aliphatic rings. The number of aryl methyl sites for hydroxylation is 1. The van der Waals surface area contributed by atoms with Crippen molar-refractivity contribution in [2.75, 3.05) is 0 Å². The van der Waals surface area contributed by atoms with E-state index in [9.17, 15) is 4.79 Å². The van der Waals surface area contributed by atoms with Gasteiger partial charge in [0.25, 0.3) is 0 Å². The molecular formula is C12H16N2O. The van der Waals surface area contributed by atoms with E-state index in [2.05, 4.69) is 11.2 Å². The summed E-state index contributed by atoms with van der Waals surface area (Å²) >= 11 is 0.